The molecule has 0 bridgehead atoms. The zero-order valence-electron chi connectivity index (χ0n) is 14.3. The number of nitrogens with zero attached hydrogens (tertiary/aromatic N) is 1. The van der Waals surface area contributed by atoms with Gasteiger partial charge < -0.3 is 14.7 Å². The van der Waals surface area contributed by atoms with E-state index in [1.807, 2.05) is 69.6 Å². The van der Waals surface area contributed by atoms with Gasteiger partial charge in [0, 0.05) is 13.0 Å². The van der Waals surface area contributed by atoms with E-state index in [-0.39, 0.29) is 6.10 Å². The minimum Gasteiger partial charge on any atom is -0.486 e. The third kappa shape index (κ3) is 5.08. The number of aliphatic hydroxyl groups is 1. The van der Waals surface area contributed by atoms with Gasteiger partial charge in [-0.15, -0.1) is 0 Å². The number of likely N-dealkylation sites (N-methyl/N-ethyl adjacent to an activating group) is 1. The molecule has 0 amide bonds. The second-order valence-electron chi connectivity index (χ2n) is 6.30. The average Bonchev–Trinajstić information content (AvgIpc) is 2.55. The van der Waals surface area contributed by atoms with E-state index in [0.29, 0.717) is 19.4 Å². The van der Waals surface area contributed by atoms with Crippen LogP contribution in [-0.2, 0) is 6.42 Å². The Morgan fingerprint density at radius 2 is 1.57 bits per heavy atom. The Kier molecular flexibility index (Phi) is 6.20. The molecule has 0 aromatic heterocycles. The minimum atomic E-state index is -0.915. The molecular weight excluding hydrogens is 286 g/mol. The predicted molar refractivity (Wildman–Crippen MR) is 94.8 cm³/mol. The summed E-state index contributed by atoms with van der Waals surface area (Å²) in [5.74, 6) is 0.791. The second-order valence-corrected chi connectivity index (χ2v) is 6.30. The molecular formula is C20H27NO2. The molecule has 3 heteroatoms. The Balaban J connectivity index is 2.22. The molecule has 0 spiro atoms. The molecule has 124 valence electrons. The highest BCUT2D eigenvalue weighted by Gasteiger charge is 2.37. The lowest BCUT2D eigenvalue weighted by Crippen LogP contribution is -2.52. The van der Waals surface area contributed by atoms with Gasteiger partial charge in [-0.1, -0.05) is 55.5 Å². The molecule has 2 aromatic rings. The molecule has 2 aromatic carbocycles. The van der Waals surface area contributed by atoms with Crippen LogP contribution in [0, 0.1) is 0 Å². The van der Waals surface area contributed by atoms with Crippen LogP contribution >= 0.6 is 0 Å². The van der Waals surface area contributed by atoms with Gasteiger partial charge in [-0.3, -0.25) is 0 Å². The number of para-hydroxylation sites is 1. The Morgan fingerprint density at radius 3 is 2.09 bits per heavy atom. The fraction of sp³-hybridized carbons (Fsp3) is 0.400. The van der Waals surface area contributed by atoms with E-state index >= 15 is 0 Å². The molecule has 23 heavy (non-hydrogen) atoms. The summed E-state index contributed by atoms with van der Waals surface area (Å²) in [4.78, 5) is 2.05. The minimum absolute atomic E-state index is 0.301. The molecule has 0 fully saturated rings. The van der Waals surface area contributed by atoms with Gasteiger partial charge in [-0.05, 0) is 38.2 Å². The van der Waals surface area contributed by atoms with Crippen LogP contribution in [0.25, 0.3) is 0 Å². The summed E-state index contributed by atoms with van der Waals surface area (Å²) in [6, 6.07) is 19.8. The SMILES string of the molecule is CCC(O)(Cc1ccccc1)C(CN(C)C)Oc1ccccc1. The van der Waals surface area contributed by atoms with Crippen LogP contribution in [0.2, 0.25) is 0 Å². The number of benzene rings is 2. The van der Waals surface area contributed by atoms with E-state index in [1.54, 1.807) is 0 Å². The molecule has 2 atom stereocenters. The quantitative estimate of drug-likeness (QED) is 0.811. The van der Waals surface area contributed by atoms with Crippen LogP contribution in [0.4, 0.5) is 0 Å². The van der Waals surface area contributed by atoms with Gasteiger partial charge in [-0.2, -0.15) is 0 Å². The van der Waals surface area contributed by atoms with E-state index in [4.69, 9.17) is 4.74 Å². The Bertz CT molecular complexity index is 571. The van der Waals surface area contributed by atoms with Gasteiger partial charge in [-0.25, -0.2) is 0 Å². The van der Waals surface area contributed by atoms with E-state index in [1.165, 1.54) is 0 Å². The van der Waals surface area contributed by atoms with Crippen molar-refractivity contribution in [2.24, 2.45) is 0 Å². The number of rotatable bonds is 8. The smallest absolute Gasteiger partial charge is 0.140 e. The summed E-state index contributed by atoms with van der Waals surface area (Å²) >= 11 is 0. The molecule has 0 radical (unpaired) electrons. The van der Waals surface area contributed by atoms with Gasteiger partial charge in [0.05, 0.1) is 0 Å². The van der Waals surface area contributed by atoms with E-state index in [9.17, 15) is 5.11 Å². The Hall–Kier alpha value is -1.84. The van der Waals surface area contributed by atoms with Crippen molar-refractivity contribution in [1.29, 1.82) is 0 Å². The maximum absolute atomic E-state index is 11.3. The van der Waals surface area contributed by atoms with Crippen LogP contribution in [0.1, 0.15) is 18.9 Å². The van der Waals surface area contributed by atoms with Gasteiger partial charge >= 0.3 is 0 Å². The summed E-state index contributed by atoms with van der Waals surface area (Å²) in [6.45, 7) is 2.67. The molecule has 2 unspecified atom stereocenters. The van der Waals surface area contributed by atoms with Crippen molar-refractivity contribution in [3.05, 3.63) is 66.2 Å². The fourth-order valence-corrected chi connectivity index (χ4v) is 2.73. The molecule has 3 nitrogen and oxygen atoms in total. The van der Waals surface area contributed by atoms with Crippen molar-refractivity contribution in [2.45, 2.75) is 31.5 Å². The number of hydrogen-bond acceptors (Lipinski definition) is 3. The Labute approximate surface area is 139 Å². The van der Waals surface area contributed by atoms with Crippen LogP contribution in [0.3, 0.4) is 0 Å². The molecule has 2 rings (SSSR count). The average molecular weight is 313 g/mol. The summed E-state index contributed by atoms with van der Waals surface area (Å²) in [5.41, 5.74) is 0.207. The Morgan fingerprint density at radius 1 is 1.00 bits per heavy atom. The highest BCUT2D eigenvalue weighted by atomic mass is 16.5. The lowest BCUT2D eigenvalue weighted by molar-refractivity contribution is -0.0719. The van der Waals surface area contributed by atoms with Gasteiger partial charge in [0.1, 0.15) is 17.5 Å². The summed E-state index contributed by atoms with van der Waals surface area (Å²) in [7, 11) is 4.00. The largest absolute Gasteiger partial charge is 0.486 e. The molecule has 0 saturated carbocycles. The monoisotopic (exact) mass is 313 g/mol. The van der Waals surface area contributed by atoms with Gasteiger partial charge in [0.15, 0.2) is 0 Å². The van der Waals surface area contributed by atoms with Crippen molar-refractivity contribution in [2.75, 3.05) is 20.6 Å². The third-order valence-corrected chi connectivity index (χ3v) is 4.12. The van der Waals surface area contributed by atoms with Crippen LogP contribution < -0.4 is 4.74 Å². The first-order valence-electron chi connectivity index (χ1n) is 8.16. The summed E-state index contributed by atoms with van der Waals surface area (Å²) in [6.07, 6.45) is 0.910. The van der Waals surface area contributed by atoms with Gasteiger partial charge in [0.25, 0.3) is 0 Å². The highest BCUT2D eigenvalue weighted by Crippen LogP contribution is 2.26. The molecule has 0 heterocycles. The van der Waals surface area contributed by atoms with Crippen molar-refractivity contribution in [1.82, 2.24) is 4.90 Å². The first-order valence-corrected chi connectivity index (χ1v) is 8.16. The third-order valence-electron chi connectivity index (χ3n) is 4.12. The normalized spacial score (nSPS) is 15.2. The first kappa shape index (κ1) is 17.5. The molecule has 1 N–H and O–H groups in total. The van der Waals surface area contributed by atoms with Crippen molar-refractivity contribution in [3.63, 3.8) is 0 Å². The van der Waals surface area contributed by atoms with Gasteiger partial charge in [0.2, 0.25) is 0 Å². The van der Waals surface area contributed by atoms with E-state index in [0.717, 1.165) is 11.3 Å². The zero-order chi connectivity index (χ0) is 16.7. The molecule has 0 aliphatic rings. The summed E-state index contributed by atoms with van der Waals surface area (Å²) < 4.78 is 6.16. The van der Waals surface area contributed by atoms with E-state index < -0.39 is 5.60 Å². The van der Waals surface area contributed by atoms with Crippen LogP contribution in [0.15, 0.2) is 60.7 Å². The van der Waals surface area contributed by atoms with Crippen LogP contribution in [-0.4, -0.2) is 42.4 Å². The second kappa shape index (κ2) is 8.14. The lowest BCUT2D eigenvalue weighted by atomic mass is 9.86. The highest BCUT2D eigenvalue weighted by molar-refractivity contribution is 5.23. The first-order chi connectivity index (χ1) is 11.0. The topological polar surface area (TPSA) is 32.7 Å². The maximum Gasteiger partial charge on any atom is 0.140 e. The van der Waals surface area contributed by atoms with Crippen LogP contribution in [0.5, 0.6) is 5.75 Å². The molecule has 0 saturated heterocycles. The predicted octanol–water partition coefficient (Wildman–Crippen LogP) is 3.38. The summed E-state index contributed by atoms with van der Waals surface area (Å²) in [5, 5.41) is 11.3. The zero-order valence-corrected chi connectivity index (χ0v) is 14.3. The lowest BCUT2D eigenvalue weighted by Gasteiger charge is -2.37. The molecule has 0 aliphatic carbocycles. The van der Waals surface area contributed by atoms with E-state index in [2.05, 4.69) is 17.0 Å². The number of ether oxygens (including phenoxy) is 1. The van der Waals surface area contributed by atoms with Crippen molar-refractivity contribution < 1.29 is 9.84 Å². The fourth-order valence-electron chi connectivity index (χ4n) is 2.73. The number of hydrogen-bond donors (Lipinski definition) is 1. The molecule has 0 aliphatic heterocycles. The standard InChI is InChI=1S/C20H27NO2/c1-4-20(22,15-17-11-7-5-8-12-17)19(16-21(2)3)23-18-13-9-6-10-14-18/h5-14,19,22H,4,15-16H2,1-3H3. The maximum atomic E-state index is 11.3. The van der Waals surface area contributed by atoms with Crippen molar-refractivity contribution >= 4 is 0 Å². The van der Waals surface area contributed by atoms with Crippen molar-refractivity contribution in [3.8, 4) is 5.75 Å².